The Hall–Kier alpha value is -3.04. The molecule has 2 amide bonds. The molecule has 0 aliphatic carbocycles. The van der Waals surface area contributed by atoms with Crippen molar-refractivity contribution in [3.05, 3.63) is 53.0 Å². The zero-order valence-electron chi connectivity index (χ0n) is 20.0. The lowest BCUT2D eigenvalue weighted by Crippen LogP contribution is -2.42. The molecule has 2 aliphatic heterocycles. The van der Waals surface area contributed by atoms with E-state index in [1.807, 2.05) is 4.90 Å². The average molecular weight is 467 g/mol. The van der Waals surface area contributed by atoms with E-state index in [1.54, 1.807) is 13.0 Å². The summed E-state index contributed by atoms with van der Waals surface area (Å²) in [6, 6.07) is 8.22. The molecule has 0 saturated carbocycles. The van der Waals surface area contributed by atoms with Crippen LogP contribution in [0.4, 0.5) is 5.82 Å². The number of amides is 2. The van der Waals surface area contributed by atoms with Gasteiger partial charge in [0.05, 0.1) is 6.10 Å². The number of carbonyl (C=O) groups excluding carboxylic acids is 2. The zero-order chi connectivity index (χ0) is 24.1. The number of nitrogens with zero attached hydrogens (tertiary/aromatic N) is 4. The molecule has 0 radical (unpaired) electrons. The third kappa shape index (κ3) is 6.09. The molecule has 0 spiro atoms. The molecule has 2 aromatic rings. The molecule has 4 rings (SSSR count). The fourth-order valence-electron chi connectivity index (χ4n) is 4.73. The summed E-state index contributed by atoms with van der Waals surface area (Å²) in [5.41, 5.74) is 4.27. The SMILES string of the molecule is CC(=O)N1CCC(Nc2cc(C(=O)NC[C@H](O)CN3CCc4cccc(C)c4C3)ncn2)CC1. The van der Waals surface area contributed by atoms with Gasteiger partial charge >= 0.3 is 0 Å². The minimum absolute atomic E-state index is 0.0989. The largest absolute Gasteiger partial charge is 0.390 e. The number of aliphatic hydroxyl groups excluding tert-OH is 1. The molecule has 3 heterocycles. The van der Waals surface area contributed by atoms with Crippen LogP contribution < -0.4 is 10.6 Å². The van der Waals surface area contributed by atoms with Crippen LogP contribution in [-0.4, -0.2) is 81.6 Å². The highest BCUT2D eigenvalue weighted by Crippen LogP contribution is 2.22. The fourth-order valence-corrected chi connectivity index (χ4v) is 4.73. The zero-order valence-corrected chi connectivity index (χ0v) is 20.0. The summed E-state index contributed by atoms with van der Waals surface area (Å²) in [5, 5.41) is 16.6. The molecule has 1 saturated heterocycles. The molecule has 2 aliphatic rings. The number of piperidine rings is 1. The van der Waals surface area contributed by atoms with E-state index in [4.69, 9.17) is 0 Å². The third-order valence-electron chi connectivity index (χ3n) is 6.75. The van der Waals surface area contributed by atoms with Crippen LogP contribution in [0.1, 0.15) is 46.9 Å². The highest BCUT2D eigenvalue weighted by molar-refractivity contribution is 5.92. The first kappa shape index (κ1) is 24.1. The predicted octanol–water partition coefficient (Wildman–Crippen LogP) is 1.36. The predicted molar refractivity (Wildman–Crippen MR) is 129 cm³/mol. The highest BCUT2D eigenvalue weighted by Gasteiger charge is 2.22. The van der Waals surface area contributed by atoms with Gasteiger partial charge in [-0.05, 0) is 42.9 Å². The van der Waals surface area contributed by atoms with E-state index in [0.29, 0.717) is 25.5 Å². The highest BCUT2D eigenvalue weighted by atomic mass is 16.3. The van der Waals surface area contributed by atoms with Crippen molar-refractivity contribution in [2.75, 3.05) is 38.0 Å². The molecule has 0 bridgehead atoms. The summed E-state index contributed by atoms with van der Waals surface area (Å²) < 4.78 is 0. The number of carbonyl (C=O) groups is 2. The van der Waals surface area contributed by atoms with Crippen LogP contribution in [0.2, 0.25) is 0 Å². The number of anilines is 1. The lowest BCUT2D eigenvalue weighted by Gasteiger charge is -2.32. The van der Waals surface area contributed by atoms with E-state index in [-0.39, 0.29) is 30.1 Å². The molecule has 0 unspecified atom stereocenters. The van der Waals surface area contributed by atoms with Gasteiger partial charge in [0.25, 0.3) is 5.91 Å². The molecule has 182 valence electrons. The Balaban J connectivity index is 1.24. The van der Waals surface area contributed by atoms with E-state index in [2.05, 4.69) is 50.6 Å². The summed E-state index contributed by atoms with van der Waals surface area (Å²) in [5.74, 6) is 0.349. The number of benzene rings is 1. The molecular weight excluding hydrogens is 432 g/mol. The van der Waals surface area contributed by atoms with E-state index in [1.165, 1.54) is 23.0 Å². The number of β-amino-alcohol motifs (C(OH)–C–C–N with tert-alkyl or cyclic N) is 1. The van der Waals surface area contributed by atoms with Crippen molar-refractivity contribution in [1.29, 1.82) is 0 Å². The summed E-state index contributed by atoms with van der Waals surface area (Å²) >= 11 is 0. The fraction of sp³-hybridized carbons (Fsp3) is 0.520. The van der Waals surface area contributed by atoms with Crippen molar-refractivity contribution in [1.82, 2.24) is 25.1 Å². The van der Waals surface area contributed by atoms with Crippen molar-refractivity contribution in [3.63, 3.8) is 0 Å². The number of aliphatic hydroxyl groups is 1. The Morgan fingerprint density at radius 3 is 2.76 bits per heavy atom. The van der Waals surface area contributed by atoms with Gasteiger partial charge < -0.3 is 20.6 Å². The van der Waals surface area contributed by atoms with Gasteiger partial charge in [-0.15, -0.1) is 0 Å². The third-order valence-corrected chi connectivity index (χ3v) is 6.75. The maximum absolute atomic E-state index is 12.6. The Bertz CT molecular complexity index is 1020. The summed E-state index contributed by atoms with van der Waals surface area (Å²) in [6.07, 6.45) is 3.34. The van der Waals surface area contributed by atoms with E-state index < -0.39 is 6.10 Å². The normalized spacial score (nSPS) is 17.7. The van der Waals surface area contributed by atoms with Gasteiger partial charge in [0.15, 0.2) is 0 Å². The number of rotatable bonds is 7. The number of aryl methyl sites for hydroxylation is 1. The quantitative estimate of drug-likeness (QED) is 0.565. The Kier molecular flexibility index (Phi) is 7.74. The first-order chi connectivity index (χ1) is 16.4. The van der Waals surface area contributed by atoms with Gasteiger partial charge in [-0.3, -0.25) is 14.5 Å². The minimum atomic E-state index is -0.666. The second kappa shape index (κ2) is 10.9. The number of hydrogen-bond acceptors (Lipinski definition) is 7. The molecule has 1 aromatic carbocycles. The summed E-state index contributed by atoms with van der Waals surface area (Å²) in [7, 11) is 0. The summed E-state index contributed by atoms with van der Waals surface area (Å²) in [6.45, 7) is 7.52. The number of likely N-dealkylation sites (tertiary alicyclic amines) is 1. The van der Waals surface area contributed by atoms with E-state index in [0.717, 1.165) is 32.4 Å². The lowest BCUT2D eigenvalue weighted by atomic mass is 9.95. The van der Waals surface area contributed by atoms with Gasteiger partial charge in [-0.1, -0.05) is 18.2 Å². The molecule has 1 aromatic heterocycles. The molecular formula is C25H34N6O3. The maximum Gasteiger partial charge on any atom is 0.270 e. The smallest absolute Gasteiger partial charge is 0.270 e. The van der Waals surface area contributed by atoms with Crippen LogP contribution in [0, 0.1) is 6.92 Å². The van der Waals surface area contributed by atoms with Crippen LogP contribution in [-0.2, 0) is 17.8 Å². The number of aromatic nitrogens is 2. The van der Waals surface area contributed by atoms with Crippen LogP contribution in [0.3, 0.4) is 0 Å². The van der Waals surface area contributed by atoms with Crippen molar-refractivity contribution >= 4 is 17.6 Å². The lowest BCUT2D eigenvalue weighted by molar-refractivity contribution is -0.129. The second-order valence-electron chi connectivity index (χ2n) is 9.27. The standard InChI is InChI=1S/C25H34N6O3/c1-17-4-3-5-19-6-9-30(15-22(17)19)14-21(33)13-26-25(34)23-12-24(28-16-27-23)29-20-7-10-31(11-8-20)18(2)32/h3-5,12,16,20-21,33H,6-11,13-15H2,1-2H3,(H,26,34)(H,27,28,29)/t21-/m0/s1. The van der Waals surface area contributed by atoms with Crippen LogP contribution in [0.25, 0.3) is 0 Å². The first-order valence-corrected chi connectivity index (χ1v) is 12.0. The van der Waals surface area contributed by atoms with Gasteiger partial charge in [0.1, 0.15) is 17.8 Å². The Morgan fingerprint density at radius 2 is 2.00 bits per heavy atom. The average Bonchev–Trinajstić information content (AvgIpc) is 2.83. The van der Waals surface area contributed by atoms with Crippen LogP contribution >= 0.6 is 0 Å². The van der Waals surface area contributed by atoms with Crippen molar-refractivity contribution in [2.24, 2.45) is 0 Å². The van der Waals surface area contributed by atoms with Crippen molar-refractivity contribution < 1.29 is 14.7 Å². The monoisotopic (exact) mass is 466 g/mol. The first-order valence-electron chi connectivity index (χ1n) is 12.0. The number of fused-ring (bicyclic) bond motifs is 1. The minimum Gasteiger partial charge on any atom is -0.390 e. The van der Waals surface area contributed by atoms with Crippen LogP contribution in [0.15, 0.2) is 30.6 Å². The number of hydrogen-bond donors (Lipinski definition) is 3. The molecule has 1 fully saturated rings. The second-order valence-corrected chi connectivity index (χ2v) is 9.27. The van der Waals surface area contributed by atoms with Gasteiger partial charge in [0.2, 0.25) is 5.91 Å². The van der Waals surface area contributed by atoms with Gasteiger partial charge in [0, 0.05) is 58.3 Å². The van der Waals surface area contributed by atoms with Crippen molar-refractivity contribution in [2.45, 2.75) is 51.8 Å². The molecule has 3 N–H and O–H groups in total. The number of nitrogens with one attached hydrogen (secondary N) is 2. The Morgan fingerprint density at radius 1 is 1.21 bits per heavy atom. The molecule has 9 nitrogen and oxygen atoms in total. The van der Waals surface area contributed by atoms with Gasteiger partial charge in [-0.25, -0.2) is 9.97 Å². The van der Waals surface area contributed by atoms with Gasteiger partial charge in [-0.2, -0.15) is 0 Å². The molecule has 34 heavy (non-hydrogen) atoms. The molecule has 9 heteroatoms. The van der Waals surface area contributed by atoms with Crippen LogP contribution in [0.5, 0.6) is 0 Å². The van der Waals surface area contributed by atoms with Crippen molar-refractivity contribution in [3.8, 4) is 0 Å². The molecule has 1 atom stereocenters. The van der Waals surface area contributed by atoms with E-state index in [9.17, 15) is 14.7 Å². The summed E-state index contributed by atoms with van der Waals surface area (Å²) in [4.78, 5) is 36.5. The maximum atomic E-state index is 12.6. The van der Waals surface area contributed by atoms with E-state index >= 15 is 0 Å². The Labute approximate surface area is 200 Å². The topological polar surface area (TPSA) is 111 Å².